The van der Waals surface area contributed by atoms with E-state index in [-0.39, 0.29) is 46.0 Å². The van der Waals surface area contributed by atoms with Crippen LogP contribution in [0.1, 0.15) is 127 Å². The van der Waals surface area contributed by atoms with Crippen molar-refractivity contribution in [2.24, 2.45) is 17.3 Å². The monoisotopic (exact) mass is 626 g/mol. The third-order valence-electron chi connectivity index (χ3n) is 8.94. The van der Waals surface area contributed by atoms with Gasteiger partial charge in [0.05, 0.1) is 22.8 Å². The van der Waals surface area contributed by atoms with Gasteiger partial charge in [0.2, 0.25) is 5.91 Å². The van der Waals surface area contributed by atoms with E-state index in [2.05, 4.69) is 30.2 Å². The predicted octanol–water partition coefficient (Wildman–Crippen LogP) is 8.08. The molecular weight excluding hydrogens is 572 g/mol. The van der Waals surface area contributed by atoms with E-state index < -0.39 is 5.97 Å². The lowest BCUT2D eigenvalue weighted by atomic mass is 9.81. The average Bonchev–Trinajstić information content (AvgIpc) is 3.37. The normalized spacial score (nSPS) is 25.1. The van der Waals surface area contributed by atoms with Crippen LogP contribution in [-0.2, 0) is 14.3 Å². The van der Waals surface area contributed by atoms with Gasteiger partial charge in [0.25, 0.3) is 0 Å². The molecule has 0 atom stereocenters. The van der Waals surface area contributed by atoms with Crippen molar-refractivity contribution in [2.75, 3.05) is 18.0 Å². The Morgan fingerprint density at radius 2 is 1.55 bits per heavy atom. The fourth-order valence-corrected chi connectivity index (χ4v) is 7.44. The molecule has 2 saturated carbocycles. The van der Waals surface area contributed by atoms with Gasteiger partial charge in [0.15, 0.2) is 5.88 Å². The highest BCUT2D eigenvalue weighted by molar-refractivity contribution is 7.15. The first kappa shape index (κ1) is 34.4. The van der Waals surface area contributed by atoms with Crippen LogP contribution >= 0.6 is 11.3 Å². The molecule has 0 bridgehead atoms. The summed E-state index contributed by atoms with van der Waals surface area (Å²) < 4.78 is 12.6. The standard InChI is InChI=1S/C36H54N2O5S/c1-24-9-11-26(12-10-24)33(39)38(31-23-30(17-20-35(3,4)5)44-32(31)34(40)41)27-13-15-28(16-14-27)42-29-18-21-37(22-19-29)25(2)43-36(6,7)8/h23-24,26-29H,2,9-16,18-19,21-22H2,1,3-8H3,(H,40,41)/t24-,26-,27-,28-. The van der Waals surface area contributed by atoms with Gasteiger partial charge < -0.3 is 24.4 Å². The summed E-state index contributed by atoms with van der Waals surface area (Å²) in [7, 11) is 0. The molecule has 1 aliphatic heterocycles. The van der Waals surface area contributed by atoms with E-state index in [1.807, 2.05) is 52.5 Å². The van der Waals surface area contributed by atoms with E-state index >= 15 is 0 Å². The maximum absolute atomic E-state index is 14.2. The Morgan fingerprint density at radius 1 is 0.955 bits per heavy atom. The number of hydrogen-bond acceptors (Lipinski definition) is 6. The van der Waals surface area contributed by atoms with E-state index in [1.54, 1.807) is 0 Å². The lowest BCUT2D eigenvalue weighted by molar-refractivity contribution is -0.124. The minimum atomic E-state index is -0.997. The summed E-state index contributed by atoms with van der Waals surface area (Å²) in [6.07, 6.45) is 9.36. The third kappa shape index (κ3) is 9.50. The Bertz CT molecular complexity index is 1220. The number of carboxylic acids is 1. The highest BCUT2D eigenvalue weighted by atomic mass is 32.1. The van der Waals surface area contributed by atoms with Gasteiger partial charge in [-0.2, -0.15) is 0 Å². The Hall–Kier alpha value is -2.50. The molecule has 244 valence electrons. The summed E-state index contributed by atoms with van der Waals surface area (Å²) in [5.74, 6) is 6.80. The van der Waals surface area contributed by atoms with Gasteiger partial charge in [-0.1, -0.05) is 18.8 Å². The highest BCUT2D eigenvalue weighted by Gasteiger charge is 2.38. The van der Waals surface area contributed by atoms with E-state index in [9.17, 15) is 14.7 Å². The molecule has 2 aliphatic carbocycles. The summed E-state index contributed by atoms with van der Waals surface area (Å²) in [4.78, 5) is 31.7. The first-order valence-electron chi connectivity index (χ1n) is 16.6. The minimum absolute atomic E-state index is 0.0439. The fraction of sp³-hybridized carbons (Fsp3) is 0.722. The quantitative estimate of drug-likeness (QED) is 0.232. The number of amides is 1. The van der Waals surface area contributed by atoms with Crippen molar-refractivity contribution in [3.8, 4) is 11.8 Å². The molecule has 0 unspecified atom stereocenters. The number of likely N-dealkylation sites (tertiary alicyclic amines) is 1. The maximum Gasteiger partial charge on any atom is 0.348 e. The van der Waals surface area contributed by atoms with Gasteiger partial charge in [0, 0.05) is 30.5 Å². The zero-order valence-corrected chi connectivity index (χ0v) is 28.9. The summed E-state index contributed by atoms with van der Waals surface area (Å²) >= 11 is 1.18. The first-order valence-corrected chi connectivity index (χ1v) is 17.4. The molecule has 4 rings (SSSR count). The van der Waals surface area contributed by atoms with Crippen LogP contribution in [0.5, 0.6) is 0 Å². The van der Waals surface area contributed by atoms with Crippen LogP contribution in [0.25, 0.3) is 0 Å². The van der Waals surface area contributed by atoms with E-state index in [0.29, 0.717) is 16.5 Å². The molecule has 0 spiro atoms. The van der Waals surface area contributed by atoms with Crippen molar-refractivity contribution in [2.45, 2.75) is 137 Å². The molecular formula is C36H54N2O5S. The van der Waals surface area contributed by atoms with Crippen LogP contribution < -0.4 is 4.90 Å². The Balaban J connectivity index is 1.45. The van der Waals surface area contributed by atoms with Crippen LogP contribution in [0.15, 0.2) is 18.5 Å². The molecule has 1 aromatic rings. The molecule has 3 aliphatic rings. The number of carbonyl (C=O) groups excluding carboxylic acids is 1. The SMILES string of the molecule is C=C(OC(C)(C)C)N1CCC(O[C@H]2CC[C@H](N(c3cc(C#CC(C)(C)C)sc3C(=O)O)C(=O)[C@H]3CC[C@H](C)CC3)CC2)CC1. The van der Waals surface area contributed by atoms with Crippen LogP contribution in [0.3, 0.4) is 0 Å². The van der Waals surface area contributed by atoms with Gasteiger partial charge in [-0.05, 0) is 124 Å². The number of aromatic carboxylic acids is 1. The van der Waals surface area contributed by atoms with E-state index in [4.69, 9.17) is 9.47 Å². The fourth-order valence-electron chi connectivity index (χ4n) is 6.59. The summed E-state index contributed by atoms with van der Waals surface area (Å²) in [5, 5.41) is 10.2. The smallest absolute Gasteiger partial charge is 0.348 e. The molecule has 1 N–H and O–H groups in total. The molecule has 0 radical (unpaired) electrons. The topological polar surface area (TPSA) is 79.3 Å². The molecule has 3 fully saturated rings. The molecule has 1 aromatic heterocycles. The number of carbonyl (C=O) groups is 2. The number of piperidine rings is 1. The van der Waals surface area contributed by atoms with Crippen molar-refractivity contribution in [1.82, 2.24) is 4.90 Å². The van der Waals surface area contributed by atoms with Gasteiger partial charge in [-0.15, -0.1) is 11.3 Å². The number of hydrogen-bond donors (Lipinski definition) is 1. The first-order chi connectivity index (χ1) is 20.6. The molecule has 1 amide bonds. The number of rotatable bonds is 8. The molecule has 2 heterocycles. The molecule has 44 heavy (non-hydrogen) atoms. The van der Waals surface area contributed by atoms with Gasteiger partial charge in [0.1, 0.15) is 10.5 Å². The van der Waals surface area contributed by atoms with Crippen LogP contribution in [0.2, 0.25) is 0 Å². The Morgan fingerprint density at radius 3 is 2.09 bits per heavy atom. The minimum Gasteiger partial charge on any atom is -0.477 e. The lowest BCUT2D eigenvalue weighted by Crippen LogP contribution is -2.47. The number of carboxylic acid groups (broad SMARTS) is 1. The van der Waals surface area contributed by atoms with Crippen molar-refractivity contribution in [3.63, 3.8) is 0 Å². The predicted molar refractivity (Wildman–Crippen MR) is 178 cm³/mol. The zero-order valence-electron chi connectivity index (χ0n) is 28.0. The van der Waals surface area contributed by atoms with Crippen molar-refractivity contribution in [1.29, 1.82) is 0 Å². The summed E-state index contributed by atoms with van der Waals surface area (Å²) in [5.41, 5.74) is 0.0628. The van der Waals surface area contributed by atoms with Crippen LogP contribution in [-0.4, -0.2) is 58.8 Å². The average molecular weight is 627 g/mol. The van der Waals surface area contributed by atoms with Gasteiger partial charge in [-0.25, -0.2) is 4.79 Å². The van der Waals surface area contributed by atoms with Crippen LogP contribution in [0, 0.1) is 29.1 Å². The van der Waals surface area contributed by atoms with Crippen molar-refractivity contribution >= 4 is 28.9 Å². The second-order valence-electron chi connectivity index (χ2n) is 15.2. The number of nitrogens with zero attached hydrogens (tertiary/aromatic N) is 2. The Kier molecular flexibility index (Phi) is 11.2. The van der Waals surface area contributed by atoms with Crippen molar-refractivity contribution in [3.05, 3.63) is 28.3 Å². The molecule has 0 aromatic carbocycles. The third-order valence-corrected chi connectivity index (χ3v) is 9.97. The molecule has 8 heteroatoms. The molecule has 7 nitrogen and oxygen atoms in total. The summed E-state index contributed by atoms with van der Waals surface area (Å²) in [6, 6.07) is 1.81. The lowest BCUT2D eigenvalue weighted by Gasteiger charge is -2.41. The Labute approximate surface area is 269 Å². The number of anilines is 1. The van der Waals surface area contributed by atoms with Gasteiger partial charge >= 0.3 is 5.97 Å². The second kappa shape index (κ2) is 14.3. The van der Waals surface area contributed by atoms with Gasteiger partial charge in [-0.3, -0.25) is 4.79 Å². The van der Waals surface area contributed by atoms with E-state index in [1.165, 1.54) is 11.3 Å². The van der Waals surface area contributed by atoms with Crippen molar-refractivity contribution < 1.29 is 24.2 Å². The van der Waals surface area contributed by atoms with E-state index in [0.717, 1.165) is 83.2 Å². The van der Waals surface area contributed by atoms with Crippen LogP contribution in [0.4, 0.5) is 5.69 Å². The number of ether oxygens (including phenoxy) is 2. The summed E-state index contributed by atoms with van der Waals surface area (Å²) in [6.45, 7) is 20.3. The largest absolute Gasteiger partial charge is 0.477 e. The second-order valence-corrected chi connectivity index (χ2v) is 16.2. The zero-order chi connectivity index (χ0) is 32.2. The highest BCUT2D eigenvalue weighted by Crippen LogP contribution is 2.39. The number of thiophene rings is 1. The maximum atomic E-state index is 14.2. The molecule has 1 saturated heterocycles.